The van der Waals surface area contributed by atoms with E-state index in [4.69, 9.17) is 4.42 Å². The molecule has 0 spiro atoms. The Bertz CT molecular complexity index is 445. The zero-order chi connectivity index (χ0) is 10.1. The molecule has 2 aromatic rings. The summed E-state index contributed by atoms with van der Waals surface area (Å²) in [6.07, 6.45) is 1.49. The highest BCUT2D eigenvalue weighted by Gasteiger charge is 2.08. The molecule has 0 bridgehead atoms. The SMILES string of the molecule is Oc1cc(F)cc(-c2occc2Br)c1. The molecule has 72 valence electrons. The highest BCUT2D eigenvalue weighted by Crippen LogP contribution is 2.31. The lowest BCUT2D eigenvalue weighted by Gasteiger charge is -1.99. The Kier molecular flexibility index (Phi) is 2.29. The first-order valence-corrected chi connectivity index (χ1v) is 4.69. The first-order valence-electron chi connectivity index (χ1n) is 3.90. The van der Waals surface area contributed by atoms with Gasteiger partial charge in [0.05, 0.1) is 10.7 Å². The summed E-state index contributed by atoms with van der Waals surface area (Å²) in [6.45, 7) is 0. The van der Waals surface area contributed by atoms with Gasteiger partial charge in [0.1, 0.15) is 17.3 Å². The molecule has 0 saturated heterocycles. The fourth-order valence-electron chi connectivity index (χ4n) is 1.20. The molecule has 1 aromatic carbocycles. The van der Waals surface area contributed by atoms with Crippen LogP contribution in [0.5, 0.6) is 5.75 Å². The quantitative estimate of drug-likeness (QED) is 0.847. The second-order valence-corrected chi connectivity index (χ2v) is 3.65. The predicted octanol–water partition coefficient (Wildman–Crippen LogP) is 3.55. The molecule has 0 amide bonds. The van der Waals surface area contributed by atoms with Crippen molar-refractivity contribution >= 4 is 15.9 Å². The maximum Gasteiger partial charge on any atom is 0.148 e. The van der Waals surface area contributed by atoms with Gasteiger partial charge < -0.3 is 9.52 Å². The van der Waals surface area contributed by atoms with Gasteiger partial charge in [-0.1, -0.05) is 0 Å². The maximum absolute atomic E-state index is 12.9. The smallest absolute Gasteiger partial charge is 0.148 e. The molecule has 0 aliphatic carbocycles. The van der Waals surface area contributed by atoms with Gasteiger partial charge in [-0.05, 0) is 34.1 Å². The van der Waals surface area contributed by atoms with Gasteiger partial charge >= 0.3 is 0 Å². The van der Waals surface area contributed by atoms with E-state index in [2.05, 4.69) is 15.9 Å². The number of hydrogen-bond acceptors (Lipinski definition) is 2. The zero-order valence-electron chi connectivity index (χ0n) is 7.00. The van der Waals surface area contributed by atoms with Crippen molar-refractivity contribution in [1.29, 1.82) is 0 Å². The standard InChI is InChI=1S/C10H6BrFO2/c11-9-1-2-14-10(9)6-3-7(12)5-8(13)4-6/h1-5,13H. The van der Waals surface area contributed by atoms with Crippen LogP contribution in [-0.4, -0.2) is 5.11 Å². The van der Waals surface area contributed by atoms with E-state index in [1.165, 1.54) is 18.4 Å². The Labute approximate surface area is 88.1 Å². The minimum Gasteiger partial charge on any atom is -0.508 e. The van der Waals surface area contributed by atoms with Gasteiger partial charge in [0.2, 0.25) is 0 Å². The van der Waals surface area contributed by atoms with Crippen LogP contribution in [0.4, 0.5) is 4.39 Å². The Balaban J connectivity index is 2.57. The molecule has 1 aromatic heterocycles. The van der Waals surface area contributed by atoms with E-state index in [0.29, 0.717) is 11.3 Å². The predicted molar refractivity (Wildman–Crippen MR) is 53.5 cm³/mol. The average Bonchev–Trinajstić information content (AvgIpc) is 2.49. The van der Waals surface area contributed by atoms with Crippen LogP contribution in [0.3, 0.4) is 0 Å². The minimum atomic E-state index is -0.497. The molecule has 1 heterocycles. The number of hydrogen-bond donors (Lipinski definition) is 1. The van der Waals surface area contributed by atoms with Crippen LogP contribution < -0.4 is 0 Å². The molecule has 0 aliphatic heterocycles. The van der Waals surface area contributed by atoms with Crippen molar-refractivity contribution in [3.8, 4) is 17.1 Å². The average molecular weight is 257 g/mol. The van der Waals surface area contributed by atoms with Crippen molar-refractivity contribution in [2.45, 2.75) is 0 Å². The van der Waals surface area contributed by atoms with Crippen LogP contribution in [0.25, 0.3) is 11.3 Å². The molecule has 0 radical (unpaired) electrons. The molecule has 0 unspecified atom stereocenters. The second-order valence-electron chi connectivity index (χ2n) is 2.80. The molecule has 0 fully saturated rings. The summed E-state index contributed by atoms with van der Waals surface area (Å²) in [7, 11) is 0. The van der Waals surface area contributed by atoms with Crippen molar-refractivity contribution in [2.75, 3.05) is 0 Å². The summed E-state index contributed by atoms with van der Waals surface area (Å²) < 4.78 is 18.8. The van der Waals surface area contributed by atoms with Gasteiger partial charge in [-0.3, -0.25) is 0 Å². The number of phenols is 1. The Morgan fingerprint density at radius 3 is 2.64 bits per heavy atom. The fraction of sp³-hybridized carbons (Fsp3) is 0. The first-order chi connectivity index (χ1) is 6.66. The van der Waals surface area contributed by atoms with Gasteiger partial charge in [-0.25, -0.2) is 4.39 Å². The number of benzene rings is 1. The molecular formula is C10H6BrFO2. The number of phenolic OH excluding ortho intramolecular Hbond substituents is 1. The minimum absolute atomic E-state index is 0.122. The Hall–Kier alpha value is -1.29. The monoisotopic (exact) mass is 256 g/mol. The maximum atomic E-state index is 12.9. The van der Waals surface area contributed by atoms with Crippen LogP contribution >= 0.6 is 15.9 Å². The summed E-state index contributed by atoms with van der Waals surface area (Å²) in [4.78, 5) is 0. The third-order valence-electron chi connectivity index (χ3n) is 1.76. The van der Waals surface area contributed by atoms with Crippen LogP contribution in [0.2, 0.25) is 0 Å². The molecule has 1 N–H and O–H groups in total. The van der Waals surface area contributed by atoms with Crippen LogP contribution in [-0.2, 0) is 0 Å². The van der Waals surface area contributed by atoms with E-state index < -0.39 is 5.82 Å². The van der Waals surface area contributed by atoms with Gasteiger partial charge in [-0.15, -0.1) is 0 Å². The first kappa shape index (κ1) is 9.27. The van der Waals surface area contributed by atoms with E-state index >= 15 is 0 Å². The van der Waals surface area contributed by atoms with E-state index in [9.17, 15) is 9.50 Å². The molecule has 0 atom stereocenters. The fourth-order valence-corrected chi connectivity index (χ4v) is 1.64. The summed E-state index contributed by atoms with van der Waals surface area (Å²) in [6, 6.07) is 5.48. The van der Waals surface area contributed by atoms with Gasteiger partial charge in [-0.2, -0.15) is 0 Å². The van der Waals surface area contributed by atoms with Gasteiger partial charge in [0.25, 0.3) is 0 Å². The lowest BCUT2D eigenvalue weighted by atomic mass is 10.1. The van der Waals surface area contributed by atoms with E-state index in [-0.39, 0.29) is 5.75 Å². The third-order valence-corrected chi connectivity index (χ3v) is 2.39. The second kappa shape index (κ2) is 3.46. The van der Waals surface area contributed by atoms with Crippen LogP contribution in [0.1, 0.15) is 0 Å². The number of aromatic hydroxyl groups is 1. The third kappa shape index (κ3) is 1.65. The number of rotatable bonds is 1. The van der Waals surface area contributed by atoms with E-state index in [1.54, 1.807) is 6.07 Å². The lowest BCUT2D eigenvalue weighted by Crippen LogP contribution is -1.79. The zero-order valence-corrected chi connectivity index (χ0v) is 8.58. The Morgan fingerprint density at radius 2 is 2.07 bits per heavy atom. The van der Waals surface area contributed by atoms with Crippen molar-refractivity contribution in [3.63, 3.8) is 0 Å². The molecule has 4 heteroatoms. The van der Waals surface area contributed by atoms with Crippen molar-refractivity contribution in [3.05, 3.63) is 40.8 Å². The van der Waals surface area contributed by atoms with Crippen LogP contribution in [0.15, 0.2) is 39.4 Å². The molecular weight excluding hydrogens is 251 g/mol. The molecule has 0 saturated carbocycles. The summed E-state index contributed by atoms with van der Waals surface area (Å²) in [5.74, 6) is -0.119. The molecule has 0 aliphatic rings. The van der Waals surface area contributed by atoms with E-state index in [0.717, 1.165) is 10.5 Å². The lowest BCUT2D eigenvalue weighted by molar-refractivity contribution is 0.469. The van der Waals surface area contributed by atoms with Crippen LogP contribution in [0, 0.1) is 5.82 Å². The van der Waals surface area contributed by atoms with Crippen molar-refractivity contribution in [2.24, 2.45) is 0 Å². The molecule has 2 nitrogen and oxygen atoms in total. The molecule has 14 heavy (non-hydrogen) atoms. The van der Waals surface area contributed by atoms with Crippen molar-refractivity contribution in [1.82, 2.24) is 0 Å². The normalized spacial score (nSPS) is 10.4. The summed E-state index contributed by atoms with van der Waals surface area (Å²) >= 11 is 3.25. The summed E-state index contributed by atoms with van der Waals surface area (Å²) in [5, 5.41) is 9.19. The largest absolute Gasteiger partial charge is 0.508 e. The highest BCUT2D eigenvalue weighted by atomic mass is 79.9. The van der Waals surface area contributed by atoms with Gasteiger partial charge in [0, 0.05) is 11.6 Å². The molecule has 2 rings (SSSR count). The van der Waals surface area contributed by atoms with Gasteiger partial charge in [0.15, 0.2) is 0 Å². The number of halogens is 2. The van der Waals surface area contributed by atoms with E-state index in [1.807, 2.05) is 0 Å². The summed E-state index contributed by atoms with van der Waals surface area (Å²) in [5.41, 5.74) is 0.499. The topological polar surface area (TPSA) is 33.4 Å². The van der Waals surface area contributed by atoms with Crippen molar-refractivity contribution < 1.29 is 13.9 Å². The Morgan fingerprint density at radius 1 is 1.29 bits per heavy atom. The number of furan rings is 1. The highest BCUT2D eigenvalue weighted by molar-refractivity contribution is 9.10.